The molecule has 0 saturated carbocycles. The van der Waals surface area contributed by atoms with Crippen LogP contribution >= 0.6 is 0 Å². The summed E-state index contributed by atoms with van der Waals surface area (Å²) in [4.78, 5) is 27.4. The first-order chi connectivity index (χ1) is 14.7. The van der Waals surface area contributed by atoms with Gasteiger partial charge in [-0.05, 0) is 54.0 Å². The van der Waals surface area contributed by atoms with E-state index in [0.717, 1.165) is 11.1 Å². The van der Waals surface area contributed by atoms with Crippen LogP contribution in [0.1, 0.15) is 63.6 Å². The summed E-state index contributed by atoms with van der Waals surface area (Å²) < 4.78 is 13.3. The SMILES string of the molecule is CC(C)CNC(=O)[C@H](C)N(Cc1ccc(F)cc1)C(=O)CCc1ccc(C(C)C)cc1. The van der Waals surface area contributed by atoms with Gasteiger partial charge in [0.25, 0.3) is 0 Å². The fraction of sp³-hybridized carbons (Fsp3) is 0.462. The van der Waals surface area contributed by atoms with Crippen LogP contribution in [0.5, 0.6) is 0 Å². The Bertz CT molecular complexity index is 845. The van der Waals surface area contributed by atoms with E-state index in [0.29, 0.717) is 31.2 Å². The Morgan fingerprint density at radius 1 is 0.903 bits per heavy atom. The highest BCUT2D eigenvalue weighted by molar-refractivity contribution is 5.87. The van der Waals surface area contributed by atoms with E-state index < -0.39 is 6.04 Å². The molecule has 0 saturated heterocycles. The van der Waals surface area contributed by atoms with Gasteiger partial charge in [-0.25, -0.2) is 4.39 Å². The number of nitrogens with one attached hydrogen (secondary N) is 1. The van der Waals surface area contributed by atoms with Crippen molar-refractivity contribution in [2.75, 3.05) is 6.54 Å². The molecule has 31 heavy (non-hydrogen) atoms. The lowest BCUT2D eigenvalue weighted by atomic mass is 10.00. The maximum atomic E-state index is 13.3. The minimum atomic E-state index is -0.611. The van der Waals surface area contributed by atoms with Gasteiger partial charge in [0.15, 0.2) is 0 Å². The number of nitrogens with zero attached hydrogens (tertiary/aromatic N) is 1. The summed E-state index contributed by atoms with van der Waals surface area (Å²) in [7, 11) is 0. The lowest BCUT2D eigenvalue weighted by Crippen LogP contribution is -2.48. The molecule has 2 aromatic carbocycles. The molecular weight excluding hydrogens is 391 g/mol. The molecule has 4 nitrogen and oxygen atoms in total. The second kappa shape index (κ2) is 11.6. The van der Waals surface area contributed by atoms with Crippen molar-refractivity contribution >= 4 is 11.8 Å². The van der Waals surface area contributed by atoms with E-state index >= 15 is 0 Å². The number of halogens is 1. The van der Waals surface area contributed by atoms with E-state index in [2.05, 4.69) is 43.4 Å². The number of amides is 2. The molecule has 1 N–H and O–H groups in total. The number of benzene rings is 2. The van der Waals surface area contributed by atoms with Crippen molar-refractivity contribution in [3.05, 3.63) is 71.0 Å². The maximum absolute atomic E-state index is 13.3. The third kappa shape index (κ3) is 7.82. The van der Waals surface area contributed by atoms with Gasteiger partial charge in [0.2, 0.25) is 11.8 Å². The third-order valence-electron chi connectivity index (χ3n) is 5.39. The fourth-order valence-corrected chi connectivity index (χ4v) is 3.29. The van der Waals surface area contributed by atoms with Crippen LogP contribution in [-0.4, -0.2) is 29.3 Å². The Balaban J connectivity index is 2.10. The molecule has 0 aliphatic heterocycles. The number of carbonyl (C=O) groups excluding carboxylic acids is 2. The number of hydrogen-bond donors (Lipinski definition) is 1. The van der Waals surface area contributed by atoms with Crippen molar-refractivity contribution in [2.45, 2.75) is 66.0 Å². The Morgan fingerprint density at radius 2 is 1.48 bits per heavy atom. The van der Waals surface area contributed by atoms with Crippen molar-refractivity contribution in [2.24, 2.45) is 5.92 Å². The first-order valence-electron chi connectivity index (χ1n) is 11.1. The molecule has 2 rings (SSSR count). The normalized spacial score (nSPS) is 12.1. The minimum Gasteiger partial charge on any atom is -0.354 e. The molecule has 5 heteroatoms. The van der Waals surface area contributed by atoms with Crippen LogP contribution in [0.25, 0.3) is 0 Å². The lowest BCUT2D eigenvalue weighted by molar-refractivity contribution is -0.140. The van der Waals surface area contributed by atoms with Gasteiger partial charge >= 0.3 is 0 Å². The predicted molar refractivity (Wildman–Crippen MR) is 123 cm³/mol. The second-order valence-electron chi connectivity index (χ2n) is 8.86. The highest BCUT2D eigenvalue weighted by atomic mass is 19.1. The van der Waals surface area contributed by atoms with E-state index in [9.17, 15) is 14.0 Å². The van der Waals surface area contributed by atoms with Crippen LogP contribution in [0.3, 0.4) is 0 Å². The molecule has 0 bridgehead atoms. The molecular formula is C26H35FN2O2. The molecule has 2 amide bonds. The predicted octanol–water partition coefficient (Wildman–Crippen LogP) is 5.07. The topological polar surface area (TPSA) is 49.4 Å². The van der Waals surface area contributed by atoms with Crippen LogP contribution in [0.2, 0.25) is 0 Å². The summed E-state index contributed by atoms with van der Waals surface area (Å²) in [6.07, 6.45) is 0.918. The molecule has 1 atom stereocenters. The van der Waals surface area contributed by atoms with Crippen LogP contribution in [0.4, 0.5) is 4.39 Å². The van der Waals surface area contributed by atoms with Crippen LogP contribution < -0.4 is 5.32 Å². The summed E-state index contributed by atoms with van der Waals surface area (Å²) in [6.45, 7) is 10.9. The van der Waals surface area contributed by atoms with E-state index in [1.54, 1.807) is 24.0 Å². The number of rotatable bonds is 10. The Morgan fingerprint density at radius 3 is 2.03 bits per heavy atom. The van der Waals surface area contributed by atoms with Gasteiger partial charge in [-0.15, -0.1) is 0 Å². The van der Waals surface area contributed by atoms with Gasteiger partial charge < -0.3 is 10.2 Å². The average Bonchev–Trinajstić information content (AvgIpc) is 2.75. The van der Waals surface area contributed by atoms with Gasteiger partial charge in [0.1, 0.15) is 11.9 Å². The summed E-state index contributed by atoms with van der Waals surface area (Å²) in [6, 6.07) is 13.8. The monoisotopic (exact) mass is 426 g/mol. The molecule has 0 unspecified atom stereocenters. The van der Waals surface area contributed by atoms with Crippen LogP contribution in [-0.2, 0) is 22.6 Å². The van der Waals surface area contributed by atoms with Crippen molar-refractivity contribution in [1.82, 2.24) is 10.2 Å². The average molecular weight is 427 g/mol. The molecule has 0 fully saturated rings. The van der Waals surface area contributed by atoms with E-state index in [1.165, 1.54) is 17.7 Å². The van der Waals surface area contributed by atoms with Crippen LogP contribution in [0, 0.1) is 11.7 Å². The van der Waals surface area contributed by atoms with Gasteiger partial charge in [-0.1, -0.05) is 64.1 Å². The highest BCUT2D eigenvalue weighted by Gasteiger charge is 2.26. The third-order valence-corrected chi connectivity index (χ3v) is 5.39. The molecule has 0 aliphatic carbocycles. The van der Waals surface area contributed by atoms with E-state index in [-0.39, 0.29) is 24.2 Å². The highest BCUT2D eigenvalue weighted by Crippen LogP contribution is 2.17. The molecule has 2 aromatic rings. The van der Waals surface area contributed by atoms with Crippen LogP contribution in [0.15, 0.2) is 48.5 Å². The lowest BCUT2D eigenvalue weighted by Gasteiger charge is -2.29. The Labute approximate surface area is 185 Å². The number of aryl methyl sites for hydroxylation is 1. The second-order valence-corrected chi connectivity index (χ2v) is 8.86. The summed E-state index contributed by atoms with van der Waals surface area (Å²) in [5.74, 6) is 0.197. The number of carbonyl (C=O) groups is 2. The Kier molecular flexibility index (Phi) is 9.22. The zero-order chi connectivity index (χ0) is 23.0. The number of hydrogen-bond acceptors (Lipinski definition) is 2. The van der Waals surface area contributed by atoms with Gasteiger partial charge in [-0.2, -0.15) is 0 Å². The molecule has 0 aromatic heterocycles. The van der Waals surface area contributed by atoms with Crippen molar-refractivity contribution in [3.8, 4) is 0 Å². The van der Waals surface area contributed by atoms with Crippen molar-refractivity contribution in [3.63, 3.8) is 0 Å². The first kappa shape index (κ1) is 24.6. The van der Waals surface area contributed by atoms with Gasteiger partial charge in [-0.3, -0.25) is 9.59 Å². The Hall–Kier alpha value is -2.69. The van der Waals surface area contributed by atoms with Crippen molar-refractivity contribution < 1.29 is 14.0 Å². The quantitative estimate of drug-likeness (QED) is 0.577. The van der Waals surface area contributed by atoms with Gasteiger partial charge in [0, 0.05) is 19.5 Å². The van der Waals surface area contributed by atoms with Gasteiger partial charge in [0.05, 0.1) is 0 Å². The zero-order valence-corrected chi connectivity index (χ0v) is 19.3. The maximum Gasteiger partial charge on any atom is 0.242 e. The first-order valence-corrected chi connectivity index (χ1v) is 11.1. The summed E-state index contributed by atoms with van der Waals surface area (Å²) >= 11 is 0. The smallest absolute Gasteiger partial charge is 0.242 e. The fourth-order valence-electron chi connectivity index (χ4n) is 3.29. The molecule has 0 aliphatic rings. The van der Waals surface area contributed by atoms with E-state index in [4.69, 9.17) is 0 Å². The summed E-state index contributed by atoms with van der Waals surface area (Å²) in [5.41, 5.74) is 3.15. The zero-order valence-electron chi connectivity index (χ0n) is 19.3. The molecule has 0 heterocycles. The van der Waals surface area contributed by atoms with Crippen molar-refractivity contribution in [1.29, 1.82) is 0 Å². The standard InChI is InChI=1S/C26H35FN2O2/c1-18(2)16-28-26(31)20(5)29(17-22-8-13-24(27)14-9-22)25(30)15-10-21-6-11-23(12-7-21)19(3)4/h6-9,11-14,18-20H,10,15-17H2,1-5H3,(H,28,31)/t20-/m0/s1. The molecule has 168 valence electrons. The largest absolute Gasteiger partial charge is 0.354 e. The summed E-state index contributed by atoms with van der Waals surface area (Å²) in [5, 5.41) is 2.91. The molecule has 0 radical (unpaired) electrons. The molecule has 0 spiro atoms. The minimum absolute atomic E-state index is 0.0931. The van der Waals surface area contributed by atoms with E-state index in [1.807, 2.05) is 13.8 Å².